The first-order chi connectivity index (χ1) is 9.82. The van der Waals surface area contributed by atoms with Gasteiger partial charge < -0.3 is 0 Å². The molecule has 21 heavy (non-hydrogen) atoms. The number of aryl methyl sites for hydroxylation is 2. The second-order valence-electron chi connectivity index (χ2n) is 4.76. The number of nitrogens with zero attached hydrogens (tertiary/aromatic N) is 3. The summed E-state index contributed by atoms with van der Waals surface area (Å²) in [7, 11) is 0. The molecule has 7 heteroatoms. The maximum Gasteiger partial charge on any atom is 0.453 e. The summed E-state index contributed by atoms with van der Waals surface area (Å²) in [6.07, 6.45) is -2.38. The Balaban J connectivity index is 2.41. The first-order valence-electron chi connectivity index (χ1n) is 6.56. The van der Waals surface area contributed by atoms with E-state index in [4.69, 9.17) is 0 Å². The number of halogens is 3. The molecule has 0 radical (unpaired) electrons. The van der Waals surface area contributed by atoms with Crippen LogP contribution in [0.4, 0.5) is 13.2 Å². The highest BCUT2D eigenvalue weighted by Crippen LogP contribution is 2.29. The Morgan fingerprint density at radius 1 is 1.19 bits per heavy atom. The monoisotopic (exact) mass is 315 g/mol. The molecule has 0 unspecified atom stereocenters. The van der Waals surface area contributed by atoms with E-state index in [0.29, 0.717) is 5.69 Å². The van der Waals surface area contributed by atoms with Crippen LogP contribution in [0.25, 0.3) is 5.69 Å². The highest BCUT2D eigenvalue weighted by molar-refractivity contribution is 7.99. The summed E-state index contributed by atoms with van der Waals surface area (Å²) in [5.41, 5.74) is 2.61. The molecule has 0 amide bonds. The predicted octanol–water partition coefficient (Wildman–Crippen LogP) is 4.41. The number of benzene rings is 1. The Kier molecular flexibility index (Phi) is 4.61. The van der Waals surface area contributed by atoms with E-state index >= 15 is 0 Å². The van der Waals surface area contributed by atoms with Gasteiger partial charge >= 0.3 is 6.18 Å². The van der Waals surface area contributed by atoms with E-state index in [1.807, 2.05) is 26.0 Å². The lowest BCUT2D eigenvalue weighted by Crippen LogP contribution is -2.09. The van der Waals surface area contributed by atoms with Crippen molar-refractivity contribution in [1.29, 1.82) is 0 Å². The number of thioether (sulfide) groups is 1. The summed E-state index contributed by atoms with van der Waals surface area (Å²) in [4.78, 5) is 4.40. The minimum atomic E-state index is -4.52. The number of rotatable bonds is 4. The standard InChI is InChI=1S/C14H16F3N3S/c1-4-5-21-12-7-11(9(2)6-10(12)3)20-8-18-13(19-20)14(15,16)17/h6-8H,4-5H2,1-3H3. The second kappa shape index (κ2) is 6.09. The molecule has 1 aromatic carbocycles. The molecule has 0 aliphatic heterocycles. The smallest absolute Gasteiger partial charge is 0.220 e. The zero-order valence-electron chi connectivity index (χ0n) is 12.0. The van der Waals surface area contributed by atoms with Gasteiger partial charge in [0.05, 0.1) is 5.69 Å². The topological polar surface area (TPSA) is 30.7 Å². The molecule has 0 aliphatic carbocycles. The van der Waals surface area contributed by atoms with Gasteiger partial charge in [-0.15, -0.1) is 16.9 Å². The summed E-state index contributed by atoms with van der Waals surface area (Å²) in [5, 5.41) is 3.53. The molecule has 3 nitrogen and oxygen atoms in total. The van der Waals surface area contributed by atoms with Crippen LogP contribution in [0.5, 0.6) is 0 Å². The zero-order valence-corrected chi connectivity index (χ0v) is 12.8. The first kappa shape index (κ1) is 15.9. The highest BCUT2D eigenvalue weighted by Gasteiger charge is 2.36. The molecule has 1 aromatic heterocycles. The van der Waals surface area contributed by atoms with Crippen molar-refractivity contribution in [3.8, 4) is 5.69 Å². The Morgan fingerprint density at radius 2 is 1.90 bits per heavy atom. The minimum absolute atomic E-state index is 0.627. The Hall–Kier alpha value is -1.50. The molecule has 0 saturated heterocycles. The van der Waals surface area contributed by atoms with Crippen molar-refractivity contribution >= 4 is 11.8 Å². The normalized spacial score (nSPS) is 11.9. The van der Waals surface area contributed by atoms with E-state index in [1.54, 1.807) is 11.8 Å². The predicted molar refractivity (Wildman–Crippen MR) is 76.9 cm³/mol. The van der Waals surface area contributed by atoms with Crippen LogP contribution in [0.3, 0.4) is 0 Å². The van der Waals surface area contributed by atoms with E-state index in [1.165, 1.54) is 4.68 Å². The van der Waals surface area contributed by atoms with E-state index in [9.17, 15) is 13.2 Å². The van der Waals surface area contributed by atoms with Crippen molar-refractivity contribution in [2.45, 2.75) is 38.3 Å². The largest absolute Gasteiger partial charge is 0.453 e. The lowest BCUT2D eigenvalue weighted by molar-refractivity contribution is -0.144. The molecule has 0 N–H and O–H groups in total. The average molecular weight is 315 g/mol. The van der Waals surface area contributed by atoms with Crippen LogP contribution in [-0.2, 0) is 6.18 Å². The molecule has 0 saturated carbocycles. The van der Waals surface area contributed by atoms with E-state index < -0.39 is 12.0 Å². The quantitative estimate of drug-likeness (QED) is 0.783. The molecular weight excluding hydrogens is 299 g/mol. The lowest BCUT2D eigenvalue weighted by Gasteiger charge is -2.11. The lowest BCUT2D eigenvalue weighted by atomic mass is 10.1. The van der Waals surface area contributed by atoms with Crippen molar-refractivity contribution in [1.82, 2.24) is 14.8 Å². The third-order valence-corrected chi connectivity index (χ3v) is 4.31. The molecule has 114 valence electrons. The molecule has 2 aromatic rings. The van der Waals surface area contributed by atoms with Crippen LogP contribution in [0, 0.1) is 13.8 Å². The molecule has 0 spiro atoms. The summed E-state index contributed by atoms with van der Waals surface area (Å²) >= 11 is 1.69. The third-order valence-electron chi connectivity index (χ3n) is 2.95. The summed E-state index contributed by atoms with van der Waals surface area (Å²) < 4.78 is 38.9. The van der Waals surface area contributed by atoms with Gasteiger partial charge in [-0.3, -0.25) is 0 Å². The number of hydrogen-bond acceptors (Lipinski definition) is 3. The fourth-order valence-electron chi connectivity index (χ4n) is 1.95. The maximum atomic E-state index is 12.6. The first-order valence-corrected chi connectivity index (χ1v) is 7.54. The molecule has 0 aliphatic rings. The van der Waals surface area contributed by atoms with Gasteiger partial charge in [-0.1, -0.05) is 13.0 Å². The van der Waals surface area contributed by atoms with Crippen LogP contribution in [0.15, 0.2) is 23.4 Å². The van der Waals surface area contributed by atoms with Gasteiger partial charge in [-0.05, 0) is 43.2 Å². The van der Waals surface area contributed by atoms with Crippen LogP contribution in [-0.4, -0.2) is 20.5 Å². The second-order valence-corrected chi connectivity index (χ2v) is 5.90. The Bertz CT molecular complexity index is 635. The van der Waals surface area contributed by atoms with Crippen molar-refractivity contribution in [3.05, 3.63) is 35.4 Å². The van der Waals surface area contributed by atoms with Gasteiger partial charge in [0.15, 0.2) is 0 Å². The summed E-state index contributed by atoms with van der Waals surface area (Å²) in [6, 6.07) is 3.84. The van der Waals surface area contributed by atoms with E-state index in [0.717, 1.165) is 34.5 Å². The van der Waals surface area contributed by atoms with Crippen molar-refractivity contribution in [3.63, 3.8) is 0 Å². The van der Waals surface area contributed by atoms with Gasteiger partial charge in [-0.25, -0.2) is 9.67 Å². The fraction of sp³-hybridized carbons (Fsp3) is 0.429. The molecule has 0 atom stereocenters. The van der Waals surface area contributed by atoms with Gasteiger partial charge in [0.1, 0.15) is 6.33 Å². The van der Waals surface area contributed by atoms with Gasteiger partial charge in [-0.2, -0.15) is 13.2 Å². The van der Waals surface area contributed by atoms with E-state index in [2.05, 4.69) is 17.0 Å². The van der Waals surface area contributed by atoms with Gasteiger partial charge in [0.25, 0.3) is 5.82 Å². The van der Waals surface area contributed by atoms with Gasteiger partial charge in [0, 0.05) is 4.90 Å². The highest BCUT2D eigenvalue weighted by atomic mass is 32.2. The van der Waals surface area contributed by atoms with Crippen LogP contribution in [0.2, 0.25) is 0 Å². The van der Waals surface area contributed by atoms with Crippen LogP contribution >= 0.6 is 11.8 Å². The SMILES string of the molecule is CCCSc1cc(-n2cnc(C(F)(F)F)n2)c(C)cc1C. The Morgan fingerprint density at radius 3 is 2.48 bits per heavy atom. The summed E-state index contributed by atoms with van der Waals surface area (Å²) in [6.45, 7) is 5.94. The van der Waals surface area contributed by atoms with Crippen LogP contribution in [0.1, 0.15) is 30.3 Å². The van der Waals surface area contributed by atoms with Crippen LogP contribution < -0.4 is 0 Å². The number of aromatic nitrogens is 3. The molecule has 0 fully saturated rings. The average Bonchev–Trinajstić information content (AvgIpc) is 2.87. The minimum Gasteiger partial charge on any atom is -0.220 e. The zero-order chi connectivity index (χ0) is 15.6. The molecule has 1 heterocycles. The fourth-order valence-corrected chi connectivity index (χ4v) is 2.85. The van der Waals surface area contributed by atoms with E-state index in [-0.39, 0.29) is 0 Å². The maximum absolute atomic E-state index is 12.6. The third kappa shape index (κ3) is 3.58. The van der Waals surface area contributed by atoms with Crippen molar-refractivity contribution in [2.24, 2.45) is 0 Å². The van der Waals surface area contributed by atoms with Crippen molar-refractivity contribution in [2.75, 3.05) is 5.75 Å². The molecular formula is C14H16F3N3S. The summed E-state index contributed by atoms with van der Waals surface area (Å²) in [5.74, 6) is -0.153. The van der Waals surface area contributed by atoms with Crippen molar-refractivity contribution < 1.29 is 13.2 Å². The molecule has 0 bridgehead atoms. The number of hydrogen-bond donors (Lipinski definition) is 0. The number of alkyl halides is 3. The Labute approximate surface area is 125 Å². The van der Waals surface area contributed by atoms with Gasteiger partial charge in [0.2, 0.25) is 0 Å². The molecule has 2 rings (SSSR count).